The fourth-order valence-corrected chi connectivity index (χ4v) is 1.82. The van der Waals surface area contributed by atoms with Crippen LogP contribution >= 0.6 is 0 Å². The van der Waals surface area contributed by atoms with Crippen molar-refractivity contribution < 1.29 is 9.84 Å². The van der Waals surface area contributed by atoms with Crippen molar-refractivity contribution in [1.82, 2.24) is 0 Å². The number of hydrogen-bond donors (Lipinski definition) is 2. The van der Waals surface area contributed by atoms with Gasteiger partial charge in [-0.1, -0.05) is 20.3 Å². The molecule has 3 heteroatoms. The second kappa shape index (κ2) is 7.21. The fraction of sp³-hybridized carbons (Fsp3) is 1.00. The first kappa shape index (κ1) is 13.9. The van der Waals surface area contributed by atoms with Crippen molar-refractivity contribution in [3.05, 3.63) is 0 Å². The van der Waals surface area contributed by atoms with Crippen LogP contribution in [0, 0.1) is 5.92 Å². The zero-order valence-corrected chi connectivity index (χ0v) is 9.75. The van der Waals surface area contributed by atoms with Gasteiger partial charge in [-0.05, 0) is 31.7 Å². The van der Waals surface area contributed by atoms with Crippen LogP contribution in [-0.4, -0.2) is 31.0 Å². The summed E-state index contributed by atoms with van der Waals surface area (Å²) in [7, 11) is 1.63. The first-order valence-corrected chi connectivity index (χ1v) is 5.52. The molecule has 0 aromatic carbocycles. The number of nitrogens with two attached hydrogens (primary N) is 1. The minimum absolute atomic E-state index is 0.277. The minimum Gasteiger partial charge on any atom is -0.387 e. The summed E-state index contributed by atoms with van der Waals surface area (Å²) in [4.78, 5) is 0. The molecule has 0 aromatic heterocycles. The highest BCUT2D eigenvalue weighted by Crippen LogP contribution is 2.26. The Morgan fingerprint density at radius 1 is 1.50 bits per heavy atom. The molecule has 0 saturated carbocycles. The van der Waals surface area contributed by atoms with E-state index in [0.29, 0.717) is 13.2 Å². The van der Waals surface area contributed by atoms with Crippen LogP contribution < -0.4 is 5.73 Å². The van der Waals surface area contributed by atoms with Crippen molar-refractivity contribution in [1.29, 1.82) is 0 Å². The van der Waals surface area contributed by atoms with Crippen LogP contribution in [-0.2, 0) is 4.74 Å². The number of aliphatic hydroxyl groups is 1. The molecule has 0 fully saturated rings. The van der Waals surface area contributed by atoms with Crippen molar-refractivity contribution in [2.75, 3.05) is 20.3 Å². The maximum atomic E-state index is 10.4. The Morgan fingerprint density at radius 2 is 2.14 bits per heavy atom. The van der Waals surface area contributed by atoms with Gasteiger partial charge >= 0.3 is 0 Å². The quantitative estimate of drug-likeness (QED) is 0.629. The van der Waals surface area contributed by atoms with E-state index in [0.717, 1.165) is 25.7 Å². The van der Waals surface area contributed by atoms with E-state index in [4.69, 9.17) is 10.5 Å². The van der Waals surface area contributed by atoms with Crippen molar-refractivity contribution >= 4 is 0 Å². The lowest BCUT2D eigenvalue weighted by atomic mass is 9.82. The van der Waals surface area contributed by atoms with Gasteiger partial charge in [-0.2, -0.15) is 0 Å². The van der Waals surface area contributed by atoms with Gasteiger partial charge in [0.05, 0.1) is 12.2 Å². The third kappa shape index (κ3) is 4.40. The minimum atomic E-state index is -0.690. The maximum Gasteiger partial charge on any atom is 0.0905 e. The number of ether oxygens (including phenoxy) is 1. The SMILES string of the molecule is CCCC(C)C(O)(CCCN)COC. The molecule has 3 N–H and O–H groups in total. The van der Waals surface area contributed by atoms with Crippen LogP contribution in [0.2, 0.25) is 0 Å². The highest BCUT2D eigenvalue weighted by Gasteiger charge is 2.32. The summed E-state index contributed by atoms with van der Waals surface area (Å²) in [5.74, 6) is 0.277. The Bertz CT molecular complexity index is 141. The lowest BCUT2D eigenvalue weighted by Gasteiger charge is -2.33. The molecular formula is C11H25NO2. The number of rotatable bonds is 8. The zero-order chi connectivity index (χ0) is 11.0. The summed E-state index contributed by atoms with van der Waals surface area (Å²) in [6.45, 7) is 5.25. The lowest BCUT2D eigenvalue weighted by molar-refractivity contribution is -0.0777. The fourth-order valence-electron chi connectivity index (χ4n) is 1.82. The number of methoxy groups -OCH3 is 1. The van der Waals surface area contributed by atoms with E-state index in [-0.39, 0.29) is 5.92 Å². The lowest BCUT2D eigenvalue weighted by Crippen LogP contribution is -2.41. The zero-order valence-electron chi connectivity index (χ0n) is 9.75. The van der Waals surface area contributed by atoms with Gasteiger partial charge in [0.15, 0.2) is 0 Å². The van der Waals surface area contributed by atoms with Gasteiger partial charge in [0.25, 0.3) is 0 Å². The van der Waals surface area contributed by atoms with Crippen molar-refractivity contribution in [3.63, 3.8) is 0 Å². The molecule has 3 nitrogen and oxygen atoms in total. The highest BCUT2D eigenvalue weighted by atomic mass is 16.5. The topological polar surface area (TPSA) is 55.5 Å². The molecule has 86 valence electrons. The van der Waals surface area contributed by atoms with Gasteiger partial charge in [-0.15, -0.1) is 0 Å². The molecule has 0 amide bonds. The van der Waals surface area contributed by atoms with E-state index in [1.807, 2.05) is 0 Å². The molecule has 2 atom stereocenters. The normalized spacial score (nSPS) is 17.8. The van der Waals surface area contributed by atoms with Gasteiger partial charge in [-0.25, -0.2) is 0 Å². The molecule has 0 aliphatic heterocycles. The van der Waals surface area contributed by atoms with Gasteiger partial charge in [-0.3, -0.25) is 0 Å². The summed E-state index contributed by atoms with van der Waals surface area (Å²) in [5.41, 5.74) is 4.76. The van der Waals surface area contributed by atoms with E-state index < -0.39 is 5.60 Å². The van der Waals surface area contributed by atoms with Gasteiger partial charge < -0.3 is 15.6 Å². The number of hydrogen-bond acceptors (Lipinski definition) is 3. The average Bonchev–Trinajstić information content (AvgIpc) is 2.15. The molecule has 0 saturated heterocycles. The largest absolute Gasteiger partial charge is 0.387 e. The molecule has 0 aliphatic rings. The van der Waals surface area contributed by atoms with E-state index in [2.05, 4.69) is 13.8 Å². The van der Waals surface area contributed by atoms with Crippen LogP contribution in [0.5, 0.6) is 0 Å². The predicted octanol–water partition coefficient (Wildman–Crippen LogP) is 1.54. The van der Waals surface area contributed by atoms with E-state index in [9.17, 15) is 5.11 Å². The summed E-state index contributed by atoms with van der Waals surface area (Å²) in [6.07, 6.45) is 3.71. The van der Waals surface area contributed by atoms with Crippen LogP contribution in [0.1, 0.15) is 39.5 Å². The Balaban J connectivity index is 4.19. The van der Waals surface area contributed by atoms with Gasteiger partial charge in [0.2, 0.25) is 0 Å². The molecule has 0 heterocycles. The molecule has 0 rings (SSSR count). The van der Waals surface area contributed by atoms with Crippen LogP contribution in [0.25, 0.3) is 0 Å². The van der Waals surface area contributed by atoms with E-state index >= 15 is 0 Å². The Labute approximate surface area is 87.6 Å². The second-order valence-corrected chi connectivity index (χ2v) is 4.12. The molecule has 0 aliphatic carbocycles. The first-order valence-electron chi connectivity index (χ1n) is 5.52. The van der Waals surface area contributed by atoms with Crippen LogP contribution in [0.3, 0.4) is 0 Å². The van der Waals surface area contributed by atoms with Gasteiger partial charge in [0.1, 0.15) is 0 Å². The second-order valence-electron chi connectivity index (χ2n) is 4.12. The third-order valence-corrected chi connectivity index (χ3v) is 2.85. The molecule has 0 bridgehead atoms. The Kier molecular flexibility index (Phi) is 7.15. The Morgan fingerprint density at radius 3 is 2.57 bits per heavy atom. The average molecular weight is 203 g/mol. The summed E-state index contributed by atoms with van der Waals surface area (Å²) < 4.78 is 5.08. The standard InChI is InChI=1S/C11H25NO2/c1-4-6-10(2)11(13,9-14-3)7-5-8-12/h10,13H,4-9,12H2,1-3H3. The molecule has 2 unspecified atom stereocenters. The molecular weight excluding hydrogens is 178 g/mol. The molecule has 0 aromatic rings. The van der Waals surface area contributed by atoms with E-state index in [1.165, 1.54) is 0 Å². The van der Waals surface area contributed by atoms with Gasteiger partial charge in [0, 0.05) is 7.11 Å². The highest BCUT2D eigenvalue weighted by molar-refractivity contribution is 4.83. The van der Waals surface area contributed by atoms with Crippen LogP contribution in [0.4, 0.5) is 0 Å². The molecule has 0 spiro atoms. The van der Waals surface area contributed by atoms with Crippen molar-refractivity contribution in [2.45, 2.75) is 45.1 Å². The molecule has 0 radical (unpaired) electrons. The third-order valence-electron chi connectivity index (χ3n) is 2.85. The van der Waals surface area contributed by atoms with Crippen molar-refractivity contribution in [2.24, 2.45) is 11.7 Å². The van der Waals surface area contributed by atoms with Crippen molar-refractivity contribution in [3.8, 4) is 0 Å². The summed E-state index contributed by atoms with van der Waals surface area (Å²) >= 11 is 0. The van der Waals surface area contributed by atoms with E-state index in [1.54, 1.807) is 7.11 Å². The Hall–Kier alpha value is -0.120. The monoisotopic (exact) mass is 203 g/mol. The van der Waals surface area contributed by atoms with Crippen LogP contribution in [0.15, 0.2) is 0 Å². The maximum absolute atomic E-state index is 10.4. The summed E-state index contributed by atoms with van der Waals surface area (Å²) in [5, 5.41) is 10.4. The molecule has 14 heavy (non-hydrogen) atoms. The summed E-state index contributed by atoms with van der Waals surface area (Å²) in [6, 6.07) is 0. The predicted molar refractivity (Wildman–Crippen MR) is 59.2 cm³/mol. The first-order chi connectivity index (χ1) is 6.60. The smallest absolute Gasteiger partial charge is 0.0905 e.